The predicted octanol–water partition coefficient (Wildman–Crippen LogP) is 2.85. The van der Waals surface area contributed by atoms with Gasteiger partial charge in [-0.1, -0.05) is 37.3 Å². The molecule has 0 bridgehead atoms. The Bertz CT molecular complexity index is 590. The van der Waals surface area contributed by atoms with Gasteiger partial charge in [0.25, 0.3) is 0 Å². The molecule has 1 aromatic carbocycles. The molecule has 0 saturated carbocycles. The summed E-state index contributed by atoms with van der Waals surface area (Å²) in [7, 11) is 0. The standard InChI is InChI=1S/C20H27N3O/c1-2-19(22-14-17-8-10-21-11-9-17)20-16-23(12-13-24-20)15-18-6-4-3-5-7-18/h3-11,19-20,22H,2,12-16H2,1H3/t19-,20-/m0/s1. The molecule has 0 spiro atoms. The molecule has 1 aliphatic heterocycles. The Morgan fingerprint density at radius 3 is 2.71 bits per heavy atom. The molecule has 1 fully saturated rings. The van der Waals surface area contributed by atoms with Crippen LogP contribution in [0.4, 0.5) is 0 Å². The lowest BCUT2D eigenvalue weighted by Gasteiger charge is -2.37. The first-order valence-corrected chi connectivity index (χ1v) is 8.85. The predicted molar refractivity (Wildman–Crippen MR) is 96.6 cm³/mol. The molecule has 24 heavy (non-hydrogen) atoms. The van der Waals surface area contributed by atoms with E-state index >= 15 is 0 Å². The van der Waals surface area contributed by atoms with E-state index in [9.17, 15) is 0 Å². The van der Waals surface area contributed by atoms with E-state index in [0.29, 0.717) is 6.04 Å². The van der Waals surface area contributed by atoms with Crippen molar-refractivity contribution in [2.24, 2.45) is 0 Å². The van der Waals surface area contributed by atoms with Crippen LogP contribution in [0.3, 0.4) is 0 Å². The second-order valence-corrected chi connectivity index (χ2v) is 6.38. The maximum absolute atomic E-state index is 6.07. The van der Waals surface area contributed by atoms with Crippen molar-refractivity contribution in [2.75, 3.05) is 19.7 Å². The number of nitrogens with zero attached hydrogens (tertiary/aromatic N) is 2. The summed E-state index contributed by atoms with van der Waals surface area (Å²) in [6, 6.07) is 15.2. The van der Waals surface area contributed by atoms with E-state index < -0.39 is 0 Å². The van der Waals surface area contributed by atoms with Gasteiger partial charge < -0.3 is 10.1 Å². The van der Waals surface area contributed by atoms with Crippen molar-refractivity contribution in [3.05, 3.63) is 66.0 Å². The maximum Gasteiger partial charge on any atom is 0.0855 e. The molecule has 2 heterocycles. The van der Waals surface area contributed by atoms with Crippen LogP contribution < -0.4 is 5.32 Å². The van der Waals surface area contributed by atoms with Gasteiger partial charge in [0.05, 0.1) is 12.7 Å². The molecule has 0 amide bonds. The fourth-order valence-corrected chi connectivity index (χ4v) is 3.25. The summed E-state index contributed by atoms with van der Waals surface area (Å²) < 4.78 is 6.07. The summed E-state index contributed by atoms with van der Waals surface area (Å²) in [5.74, 6) is 0. The number of aromatic nitrogens is 1. The lowest BCUT2D eigenvalue weighted by Crippen LogP contribution is -2.51. The summed E-state index contributed by atoms with van der Waals surface area (Å²) >= 11 is 0. The van der Waals surface area contributed by atoms with Gasteiger partial charge in [0.2, 0.25) is 0 Å². The van der Waals surface area contributed by atoms with Crippen molar-refractivity contribution in [1.82, 2.24) is 15.2 Å². The highest BCUT2D eigenvalue weighted by atomic mass is 16.5. The fraction of sp³-hybridized carbons (Fsp3) is 0.450. The van der Waals surface area contributed by atoms with Crippen molar-refractivity contribution >= 4 is 0 Å². The lowest BCUT2D eigenvalue weighted by molar-refractivity contribution is -0.0499. The normalized spacial score (nSPS) is 20.0. The van der Waals surface area contributed by atoms with E-state index in [1.165, 1.54) is 11.1 Å². The fourth-order valence-electron chi connectivity index (χ4n) is 3.25. The summed E-state index contributed by atoms with van der Waals surface area (Å²) in [6.45, 7) is 6.89. The number of nitrogens with one attached hydrogen (secondary N) is 1. The minimum absolute atomic E-state index is 0.245. The molecule has 3 rings (SSSR count). The van der Waals surface area contributed by atoms with Crippen molar-refractivity contribution in [1.29, 1.82) is 0 Å². The van der Waals surface area contributed by atoms with Crippen LogP contribution in [0, 0.1) is 0 Å². The molecule has 0 unspecified atom stereocenters. The van der Waals surface area contributed by atoms with Crippen LogP contribution in [0.1, 0.15) is 24.5 Å². The SMILES string of the molecule is CC[C@H](NCc1ccncc1)[C@@H]1CN(Cc2ccccc2)CCO1. The van der Waals surface area contributed by atoms with E-state index in [1.54, 1.807) is 0 Å². The van der Waals surface area contributed by atoms with E-state index in [4.69, 9.17) is 4.74 Å². The third-order valence-corrected chi connectivity index (χ3v) is 4.63. The van der Waals surface area contributed by atoms with Gasteiger partial charge in [-0.15, -0.1) is 0 Å². The molecule has 1 N–H and O–H groups in total. The Kier molecular flexibility index (Phi) is 6.35. The highest BCUT2D eigenvalue weighted by Crippen LogP contribution is 2.15. The molecule has 4 heteroatoms. The van der Waals surface area contributed by atoms with Crippen LogP contribution in [-0.4, -0.2) is 41.7 Å². The quantitative estimate of drug-likeness (QED) is 0.849. The van der Waals surface area contributed by atoms with Gasteiger partial charge >= 0.3 is 0 Å². The van der Waals surface area contributed by atoms with Gasteiger partial charge in [-0.05, 0) is 29.7 Å². The Morgan fingerprint density at radius 1 is 1.17 bits per heavy atom. The molecule has 1 saturated heterocycles. The molecule has 2 atom stereocenters. The second-order valence-electron chi connectivity index (χ2n) is 6.38. The van der Waals surface area contributed by atoms with Crippen LogP contribution >= 0.6 is 0 Å². The summed E-state index contributed by atoms with van der Waals surface area (Å²) in [6.07, 6.45) is 5.00. The van der Waals surface area contributed by atoms with Crippen molar-refractivity contribution in [3.63, 3.8) is 0 Å². The zero-order valence-corrected chi connectivity index (χ0v) is 14.4. The summed E-state index contributed by atoms with van der Waals surface area (Å²) in [5.41, 5.74) is 2.64. The molecule has 0 radical (unpaired) electrons. The zero-order valence-electron chi connectivity index (χ0n) is 14.4. The molecular formula is C20H27N3O. The number of hydrogen-bond acceptors (Lipinski definition) is 4. The summed E-state index contributed by atoms with van der Waals surface area (Å²) in [5, 5.41) is 3.66. The molecule has 4 nitrogen and oxygen atoms in total. The Hall–Kier alpha value is -1.75. The monoisotopic (exact) mass is 325 g/mol. The third-order valence-electron chi connectivity index (χ3n) is 4.63. The highest BCUT2D eigenvalue weighted by Gasteiger charge is 2.26. The number of ether oxygens (including phenoxy) is 1. The molecule has 1 aliphatic rings. The van der Waals surface area contributed by atoms with Crippen molar-refractivity contribution in [3.8, 4) is 0 Å². The maximum atomic E-state index is 6.07. The van der Waals surface area contributed by atoms with E-state index in [1.807, 2.05) is 12.4 Å². The average Bonchev–Trinajstić information content (AvgIpc) is 2.64. The largest absolute Gasteiger partial charge is 0.374 e. The summed E-state index contributed by atoms with van der Waals surface area (Å²) in [4.78, 5) is 6.57. The molecule has 1 aromatic heterocycles. The minimum atomic E-state index is 0.245. The molecule has 2 aromatic rings. The van der Waals surface area contributed by atoms with Crippen LogP contribution in [0.25, 0.3) is 0 Å². The van der Waals surface area contributed by atoms with E-state index in [-0.39, 0.29) is 6.10 Å². The first kappa shape index (κ1) is 17.1. The second kappa shape index (κ2) is 8.92. The van der Waals surface area contributed by atoms with Crippen LogP contribution in [0.5, 0.6) is 0 Å². The van der Waals surface area contributed by atoms with Crippen molar-refractivity contribution in [2.45, 2.75) is 38.6 Å². The number of morpholine rings is 1. The van der Waals surface area contributed by atoms with E-state index in [0.717, 1.165) is 39.2 Å². The van der Waals surface area contributed by atoms with Gasteiger partial charge in [0, 0.05) is 44.6 Å². The number of pyridine rings is 1. The van der Waals surface area contributed by atoms with E-state index in [2.05, 4.69) is 64.6 Å². The van der Waals surface area contributed by atoms with Gasteiger partial charge in [-0.25, -0.2) is 0 Å². The number of benzene rings is 1. The van der Waals surface area contributed by atoms with Gasteiger partial charge in [0.15, 0.2) is 0 Å². The highest BCUT2D eigenvalue weighted by molar-refractivity contribution is 5.14. The van der Waals surface area contributed by atoms with Crippen LogP contribution in [0.2, 0.25) is 0 Å². The number of hydrogen-bond donors (Lipinski definition) is 1. The van der Waals surface area contributed by atoms with Gasteiger partial charge in [-0.2, -0.15) is 0 Å². The zero-order chi connectivity index (χ0) is 16.6. The van der Waals surface area contributed by atoms with Crippen molar-refractivity contribution < 1.29 is 4.74 Å². The Balaban J connectivity index is 1.53. The first-order chi connectivity index (χ1) is 11.8. The topological polar surface area (TPSA) is 37.4 Å². The Morgan fingerprint density at radius 2 is 1.96 bits per heavy atom. The number of rotatable bonds is 7. The van der Waals surface area contributed by atoms with Crippen LogP contribution in [0.15, 0.2) is 54.9 Å². The van der Waals surface area contributed by atoms with Gasteiger partial charge in [0.1, 0.15) is 0 Å². The lowest BCUT2D eigenvalue weighted by atomic mass is 10.1. The molecule has 128 valence electrons. The Labute approximate surface area is 144 Å². The average molecular weight is 325 g/mol. The minimum Gasteiger partial charge on any atom is -0.374 e. The molecular weight excluding hydrogens is 298 g/mol. The van der Waals surface area contributed by atoms with Crippen LogP contribution in [-0.2, 0) is 17.8 Å². The molecule has 0 aliphatic carbocycles. The first-order valence-electron chi connectivity index (χ1n) is 8.85. The smallest absolute Gasteiger partial charge is 0.0855 e. The third kappa shape index (κ3) is 4.87. The van der Waals surface area contributed by atoms with Gasteiger partial charge in [-0.3, -0.25) is 9.88 Å².